The van der Waals surface area contributed by atoms with Gasteiger partial charge >= 0.3 is 0 Å². The van der Waals surface area contributed by atoms with Gasteiger partial charge in [-0.05, 0) is 75.0 Å². The van der Waals surface area contributed by atoms with Crippen LogP contribution in [0, 0.1) is 44.8 Å². The molecule has 4 N–H and O–H groups in total. The van der Waals surface area contributed by atoms with Crippen molar-refractivity contribution in [2.24, 2.45) is 44.8 Å². The van der Waals surface area contributed by atoms with Crippen LogP contribution in [0.5, 0.6) is 0 Å². The molecular formula is C30H46O6. The molecule has 0 amide bonds. The lowest BCUT2D eigenvalue weighted by Gasteiger charge is -2.61. The predicted molar refractivity (Wildman–Crippen MR) is 134 cm³/mol. The van der Waals surface area contributed by atoms with Crippen LogP contribution in [-0.2, 0) is 9.47 Å². The molecule has 7 rings (SSSR count). The van der Waals surface area contributed by atoms with E-state index in [0.717, 1.165) is 32.1 Å². The smallest absolute Gasteiger partial charge is 0.200 e. The second-order valence-corrected chi connectivity index (χ2v) is 15.6. The molecule has 202 valence electrons. The molecule has 6 nitrogen and oxygen atoms in total. The van der Waals surface area contributed by atoms with Gasteiger partial charge in [0, 0.05) is 22.2 Å². The topological polar surface area (TPSA) is 99.4 Å². The van der Waals surface area contributed by atoms with Gasteiger partial charge in [-0.3, -0.25) is 0 Å². The van der Waals surface area contributed by atoms with Crippen molar-refractivity contribution in [3.63, 3.8) is 0 Å². The van der Waals surface area contributed by atoms with E-state index < -0.39 is 40.5 Å². The molecular weight excluding hydrogens is 456 g/mol. The van der Waals surface area contributed by atoms with Gasteiger partial charge in [-0.25, -0.2) is 0 Å². The standard InChI is InChI=1S/C30H46O6/c1-15-12-16-22(25(4,5)34)36-30(35-16)21(15)27(7)20(32)13-29-14-28(29)11-10-19(31)24(2,3)17(28)8-9-18(29)26(27,6)23(30)33/h9,15-17,19-23,31-34H,8,10-14H2,1-7H3. The van der Waals surface area contributed by atoms with Crippen molar-refractivity contribution < 1.29 is 29.9 Å². The highest BCUT2D eigenvalue weighted by Crippen LogP contribution is 2.89. The van der Waals surface area contributed by atoms with Crippen LogP contribution in [0.2, 0.25) is 0 Å². The molecule has 2 saturated heterocycles. The lowest BCUT2D eigenvalue weighted by molar-refractivity contribution is -0.281. The van der Waals surface area contributed by atoms with Crippen molar-refractivity contribution in [3.05, 3.63) is 11.6 Å². The number of rotatable bonds is 1. The first-order valence-corrected chi connectivity index (χ1v) is 14.4. The summed E-state index contributed by atoms with van der Waals surface area (Å²) in [5, 5.41) is 46.5. The van der Waals surface area contributed by atoms with E-state index in [-0.39, 0.29) is 40.3 Å². The van der Waals surface area contributed by atoms with Crippen molar-refractivity contribution in [2.75, 3.05) is 0 Å². The largest absolute Gasteiger partial charge is 0.393 e. The first kappa shape index (κ1) is 24.5. The maximum absolute atomic E-state index is 12.4. The van der Waals surface area contributed by atoms with Crippen LogP contribution in [0.1, 0.15) is 87.0 Å². The van der Waals surface area contributed by atoms with Gasteiger partial charge in [0.1, 0.15) is 12.2 Å². The number of ether oxygens (including phenoxy) is 2. The number of hydrogen-bond acceptors (Lipinski definition) is 6. The summed E-state index contributed by atoms with van der Waals surface area (Å²) in [6, 6.07) is 0. The Morgan fingerprint density at radius 2 is 1.72 bits per heavy atom. The third kappa shape index (κ3) is 2.25. The highest BCUT2D eigenvalue weighted by Gasteiger charge is 2.88. The van der Waals surface area contributed by atoms with Gasteiger partial charge in [0.05, 0.1) is 23.9 Å². The van der Waals surface area contributed by atoms with Crippen molar-refractivity contribution >= 4 is 0 Å². The maximum atomic E-state index is 12.4. The molecule has 7 aliphatic rings. The molecule has 4 saturated carbocycles. The fraction of sp³-hybridized carbons (Fsp3) is 0.933. The Morgan fingerprint density at radius 1 is 1.03 bits per heavy atom. The van der Waals surface area contributed by atoms with Gasteiger partial charge in [0.25, 0.3) is 0 Å². The Hall–Kier alpha value is -0.500. The van der Waals surface area contributed by atoms with Crippen LogP contribution in [0.4, 0.5) is 0 Å². The number of allylic oxidation sites excluding steroid dienone is 1. The molecule has 2 heterocycles. The van der Waals surface area contributed by atoms with Gasteiger partial charge in [0.2, 0.25) is 0 Å². The minimum atomic E-state index is -1.23. The van der Waals surface area contributed by atoms with E-state index in [1.807, 2.05) is 0 Å². The molecule has 0 radical (unpaired) electrons. The molecule has 6 heteroatoms. The van der Waals surface area contributed by atoms with E-state index in [0.29, 0.717) is 12.3 Å². The second kappa shape index (κ2) is 6.45. The minimum Gasteiger partial charge on any atom is -0.393 e. The summed E-state index contributed by atoms with van der Waals surface area (Å²) in [5.74, 6) is -0.863. The Kier molecular flexibility index (Phi) is 4.39. The van der Waals surface area contributed by atoms with Crippen LogP contribution >= 0.6 is 0 Å². The molecule has 0 aromatic rings. The van der Waals surface area contributed by atoms with Gasteiger partial charge in [0.15, 0.2) is 5.79 Å². The Bertz CT molecular complexity index is 1050. The summed E-state index contributed by atoms with van der Waals surface area (Å²) < 4.78 is 13.4. The average Bonchev–Trinajstić information content (AvgIpc) is 3.27. The Morgan fingerprint density at radius 3 is 2.39 bits per heavy atom. The van der Waals surface area contributed by atoms with Crippen molar-refractivity contribution in [2.45, 2.75) is 129 Å². The molecule has 13 atom stereocenters. The quantitative estimate of drug-likeness (QED) is 0.410. The third-order valence-corrected chi connectivity index (χ3v) is 13.6. The van der Waals surface area contributed by atoms with E-state index in [9.17, 15) is 20.4 Å². The number of aliphatic hydroxyl groups is 4. The van der Waals surface area contributed by atoms with Crippen molar-refractivity contribution in [1.82, 2.24) is 0 Å². The summed E-state index contributed by atoms with van der Waals surface area (Å²) in [6.07, 6.45) is 4.93. The van der Waals surface area contributed by atoms with E-state index in [2.05, 4.69) is 40.7 Å². The molecule has 13 unspecified atom stereocenters. The highest BCUT2D eigenvalue weighted by atomic mass is 16.8. The zero-order valence-electron chi connectivity index (χ0n) is 23.0. The Balaban J connectivity index is 1.39. The summed E-state index contributed by atoms with van der Waals surface area (Å²) in [5.41, 5.74) is -1.34. The monoisotopic (exact) mass is 502 g/mol. The van der Waals surface area contributed by atoms with Crippen LogP contribution < -0.4 is 0 Å². The summed E-state index contributed by atoms with van der Waals surface area (Å²) in [7, 11) is 0. The summed E-state index contributed by atoms with van der Waals surface area (Å²) in [4.78, 5) is 0. The minimum absolute atomic E-state index is 0.0808. The van der Waals surface area contributed by atoms with Crippen LogP contribution in [0.15, 0.2) is 11.6 Å². The van der Waals surface area contributed by atoms with E-state index in [1.165, 1.54) is 5.57 Å². The fourth-order valence-electron chi connectivity index (χ4n) is 11.9. The molecule has 0 aromatic carbocycles. The highest BCUT2D eigenvalue weighted by molar-refractivity contribution is 5.49. The van der Waals surface area contributed by atoms with Crippen LogP contribution in [0.3, 0.4) is 0 Å². The molecule has 5 aliphatic carbocycles. The van der Waals surface area contributed by atoms with Crippen molar-refractivity contribution in [3.8, 4) is 0 Å². The SMILES string of the molecule is CC1CC2OC3(OC2C(C)(C)O)C(O)C2(C)C4=CCC5C(C)(C)C(O)CCC56CC46CC(O)C2(C)C13. The molecule has 2 aliphatic heterocycles. The Labute approximate surface area is 215 Å². The van der Waals surface area contributed by atoms with Gasteiger partial charge in [-0.1, -0.05) is 46.3 Å². The van der Waals surface area contributed by atoms with Crippen LogP contribution in [0.25, 0.3) is 0 Å². The molecule has 2 bridgehead atoms. The molecule has 0 aromatic heterocycles. The van der Waals surface area contributed by atoms with Crippen LogP contribution in [-0.4, -0.2) is 62.3 Å². The van der Waals surface area contributed by atoms with Gasteiger partial charge in [-0.2, -0.15) is 0 Å². The summed E-state index contributed by atoms with van der Waals surface area (Å²) >= 11 is 0. The predicted octanol–water partition coefficient (Wildman–Crippen LogP) is 3.55. The fourth-order valence-corrected chi connectivity index (χ4v) is 11.9. The first-order chi connectivity index (χ1) is 16.5. The van der Waals surface area contributed by atoms with E-state index in [4.69, 9.17) is 9.47 Å². The van der Waals surface area contributed by atoms with Gasteiger partial charge < -0.3 is 29.9 Å². The number of aliphatic hydroxyl groups excluding tert-OH is 3. The zero-order valence-corrected chi connectivity index (χ0v) is 23.0. The van der Waals surface area contributed by atoms with Gasteiger partial charge in [-0.15, -0.1) is 0 Å². The van der Waals surface area contributed by atoms with Crippen molar-refractivity contribution in [1.29, 1.82) is 0 Å². The zero-order chi connectivity index (χ0) is 26.1. The molecule has 6 fully saturated rings. The lowest BCUT2D eigenvalue weighted by Crippen LogP contribution is -2.60. The number of hydrogen-bond donors (Lipinski definition) is 4. The molecule has 36 heavy (non-hydrogen) atoms. The second-order valence-electron chi connectivity index (χ2n) is 15.6. The first-order valence-electron chi connectivity index (χ1n) is 14.4. The molecule has 3 spiro atoms. The average molecular weight is 503 g/mol. The van der Waals surface area contributed by atoms with E-state index in [1.54, 1.807) is 13.8 Å². The number of fused-ring (bicyclic) bond motifs is 4. The lowest BCUT2D eigenvalue weighted by atomic mass is 9.44. The maximum Gasteiger partial charge on any atom is 0.200 e. The van der Waals surface area contributed by atoms with E-state index >= 15 is 0 Å². The normalized spacial score (nSPS) is 62.4. The third-order valence-electron chi connectivity index (χ3n) is 13.6. The summed E-state index contributed by atoms with van der Waals surface area (Å²) in [6.45, 7) is 14.5.